The van der Waals surface area contributed by atoms with E-state index in [1.807, 2.05) is 0 Å². The molecule has 1 fully saturated rings. The third-order valence-electron chi connectivity index (χ3n) is 3.03. The Bertz CT molecular complexity index is 185. The van der Waals surface area contributed by atoms with Gasteiger partial charge in [-0.3, -0.25) is 0 Å². The minimum absolute atomic E-state index is 0.0272. The minimum Gasteiger partial charge on any atom is -0.376 e. The van der Waals surface area contributed by atoms with Crippen molar-refractivity contribution < 1.29 is 4.74 Å². The molecule has 2 N–H and O–H groups in total. The molecule has 0 amide bonds. The summed E-state index contributed by atoms with van der Waals surface area (Å²) in [5.74, 6) is 0.801. The highest BCUT2D eigenvalue weighted by molar-refractivity contribution is 4.91. The highest BCUT2D eigenvalue weighted by atomic mass is 16.5. The number of hydrogen-bond acceptors (Lipinski definition) is 2. The van der Waals surface area contributed by atoms with E-state index in [2.05, 4.69) is 27.7 Å². The van der Waals surface area contributed by atoms with Gasteiger partial charge in [0.05, 0.1) is 5.60 Å². The van der Waals surface area contributed by atoms with E-state index in [9.17, 15) is 0 Å². The molecule has 0 aliphatic heterocycles. The Balaban J connectivity index is 2.24. The lowest BCUT2D eigenvalue weighted by atomic mass is 9.94. The van der Waals surface area contributed by atoms with Crippen LogP contribution in [-0.2, 0) is 4.74 Å². The van der Waals surface area contributed by atoms with E-state index >= 15 is 0 Å². The van der Waals surface area contributed by atoms with Gasteiger partial charge in [-0.05, 0) is 52.4 Å². The van der Waals surface area contributed by atoms with Crippen LogP contribution in [0.15, 0.2) is 0 Å². The highest BCUT2D eigenvalue weighted by Gasteiger charge is 2.33. The maximum atomic E-state index is 6.30. The van der Waals surface area contributed by atoms with Crippen molar-refractivity contribution in [1.29, 1.82) is 0 Å². The first-order valence-corrected chi connectivity index (χ1v) is 5.74. The van der Waals surface area contributed by atoms with Crippen LogP contribution >= 0.6 is 0 Å². The van der Waals surface area contributed by atoms with Crippen LogP contribution in [0.4, 0.5) is 0 Å². The fraction of sp³-hybridized carbons (Fsp3) is 1.00. The SMILES string of the molecule is CC1CCC(N)(CCOC(C)(C)C)C1. The van der Waals surface area contributed by atoms with Crippen LogP contribution in [0.5, 0.6) is 0 Å². The Labute approximate surface area is 88.2 Å². The average Bonchev–Trinajstić information content (AvgIpc) is 2.28. The summed E-state index contributed by atoms with van der Waals surface area (Å²) in [6, 6.07) is 0. The third kappa shape index (κ3) is 3.97. The summed E-state index contributed by atoms with van der Waals surface area (Å²) in [4.78, 5) is 0. The smallest absolute Gasteiger partial charge is 0.0598 e. The molecule has 1 saturated carbocycles. The lowest BCUT2D eigenvalue weighted by molar-refractivity contribution is -0.0111. The zero-order valence-electron chi connectivity index (χ0n) is 10.1. The van der Waals surface area contributed by atoms with Gasteiger partial charge in [0, 0.05) is 12.1 Å². The Morgan fingerprint density at radius 2 is 2.07 bits per heavy atom. The normalized spacial score (nSPS) is 33.6. The molecule has 0 saturated heterocycles. The Hall–Kier alpha value is -0.0800. The molecule has 2 atom stereocenters. The van der Waals surface area contributed by atoms with Gasteiger partial charge in [-0.15, -0.1) is 0 Å². The zero-order chi connectivity index (χ0) is 10.8. The molecule has 2 unspecified atom stereocenters. The first-order valence-electron chi connectivity index (χ1n) is 5.74. The Kier molecular flexibility index (Phi) is 3.59. The van der Waals surface area contributed by atoms with Gasteiger partial charge in [0.15, 0.2) is 0 Å². The average molecular weight is 199 g/mol. The van der Waals surface area contributed by atoms with Gasteiger partial charge in [-0.25, -0.2) is 0 Å². The molecule has 0 aromatic carbocycles. The maximum Gasteiger partial charge on any atom is 0.0598 e. The first kappa shape index (κ1) is 12.0. The molecular formula is C12H25NO. The van der Waals surface area contributed by atoms with E-state index in [-0.39, 0.29) is 11.1 Å². The molecule has 1 aliphatic rings. The summed E-state index contributed by atoms with van der Waals surface area (Å²) in [5, 5.41) is 0. The second kappa shape index (κ2) is 4.19. The van der Waals surface area contributed by atoms with Crippen LogP contribution in [0.3, 0.4) is 0 Å². The van der Waals surface area contributed by atoms with Crippen LogP contribution in [0.1, 0.15) is 53.4 Å². The molecule has 2 nitrogen and oxygen atoms in total. The number of rotatable bonds is 3. The van der Waals surface area contributed by atoms with Crippen LogP contribution in [0.2, 0.25) is 0 Å². The highest BCUT2D eigenvalue weighted by Crippen LogP contribution is 2.34. The van der Waals surface area contributed by atoms with Crippen LogP contribution in [0, 0.1) is 5.92 Å². The molecule has 14 heavy (non-hydrogen) atoms. The Morgan fingerprint density at radius 1 is 1.43 bits per heavy atom. The lowest BCUT2D eigenvalue weighted by Gasteiger charge is -2.27. The standard InChI is InChI=1S/C12H25NO/c1-10-5-6-12(13,9-10)7-8-14-11(2,3)4/h10H,5-9,13H2,1-4H3. The van der Waals surface area contributed by atoms with Crippen molar-refractivity contribution in [2.75, 3.05) is 6.61 Å². The van der Waals surface area contributed by atoms with Gasteiger partial charge >= 0.3 is 0 Å². The van der Waals surface area contributed by atoms with Crippen molar-refractivity contribution in [2.24, 2.45) is 11.7 Å². The van der Waals surface area contributed by atoms with Crippen molar-refractivity contribution in [3.63, 3.8) is 0 Å². The fourth-order valence-corrected chi connectivity index (χ4v) is 2.22. The Morgan fingerprint density at radius 3 is 2.50 bits per heavy atom. The monoisotopic (exact) mass is 199 g/mol. The van der Waals surface area contributed by atoms with Crippen LogP contribution in [0.25, 0.3) is 0 Å². The summed E-state index contributed by atoms with van der Waals surface area (Å²) in [5.41, 5.74) is 6.33. The molecule has 84 valence electrons. The third-order valence-corrected chi connectivity index (χ3v) is 3.03. The predicted octanol–water partition coefficient (Wildman–Crippen LogP) is 2.71. The molecular weight excluding hydrogens is 174 g/mol. The molecule has 1 aliphatic carbocycles. The molecule has 0 spiro atoms. The molecule has 0 heterocycles. The second-order valence-corrected chi connectivity index (χ2v) is 5.92. The summed E-state index contributed by atoms with van der Waals surface area (Å²) in [6.07, 6.45) is 4.63. The quantitative estimate of drug-likeness (QED) is 0.758. The summed E-state index contributed by atoms with van der Waals surface area (Å²) in [6.45, 7) is 9.36. The number of hydrogen-bond donors (Lipinski definition) is 1. The van der Waals surface area contributed by atoms with Crippen molar-refractivity contribution in [1.82, 2.24) is 0 Å². The number of ether oxygens (including phenoxy) is 1. The summed E-state index contributed by atoms with van der Waals surface area (Å²) in [7, 11) is 0. The van der Waals surface area contributed by atoms with Gasteiger partial charge in [0.1, 0.15) is 0 Å². The van der Waals surface area contributed by atoms with E-state index in [4.69, 9.17) is 10.5 Å². The van der Waals surface area contributed by atoms with Crippen molar-refractivity contribution >= 4 is 0 Å². The van der Waals surface area contributed by atoms with Crippen molar-refractivity contribution in [3.8, 4) is 0 Å². The van der Waals surface area contributed by atoms with Crippen molar-refractivity contribution in [2.45, 2.75) is 64.5 Å². The molecule has 0 aromatic rings. The van der Waals surface area contributed by atoms with Gasteiger partial charge in [-0.2, -0.15) is 0 Å². The van der Waals surface area contributed by atoms with E-state index in [0.717, 1.165) is 18.9 Å². The van der Waals surface area contributed by atoms with Gasteiger partial charge in [0.25, 0.3) is 0 Å². The summed E-state index contributed by atoms with van der Waals surface area (Å²) >= 11 is 0. The fourth-order valence-electron chi connectivity index (χ4n) is 2.22. The molecule has 1 rings (SSSR count). The molecule has 0 radical (unpaired) electrons. The zero-order valence-corrected chi connectivity index (χ0v) is 10.1. The molecule has 2 heteroatoms. The predicted molar refractivity (Wildman–Crippen MR) is 60.3 cm³/mol. The van der Waals surface area contributed by atoms with E-state index in [0.29, 0.717) is 0 Å². The van der Waals surface area contributed by atoms with Gasteiger partial charge in [-0.1, -0.05) is 6.92 Å². The van der Waals surface area contributed by atoms with E-state index < -0.39 is 0 Å². The van der Waals surface area contributed by atoms with E-state index in [1.54, 1.807) is 0 Å². The molecule has 0 aromatic heterocycles. The molecule has 0 bridgehead atoms. The maximum absolute atomic E-state index is 6.30. The minimum atomic E-state index is -0.0272. The summed E-state index contributed by atoms with van der Waals surface area (Å²) < 4.78 is 5.71. The topological polar surface area (TPSA) is 35.2 Å². The largest absolute Gasteiger partial charge is 0.376 e. The van der Waals surface area contributed by atoms with Crippen LogP contribution in [-0.4, -0.2) is 17.7 Å². The second-order valence-electron chi connectivity index (χ2n) is 5.92. The van der Waals surface area contributed by atoms with E-state index in [1.165, 1.54) is 19.3 Å². The van der Waals surface area contributed by atoms with Gasteiger partial charge < -0.3 is 10.5 Å². The van der Waals surface area contributed by atoms with Crippen LogP contribution < -0.4 is 5.73 Å². The first-order chi connectivity index (χ1) is 6.31. The van der Waals surface area contributed by atoms with Crippen molar-refractivity contribution in [3.05, 3.63) is 0 Å². The number of nitrogens with two attached hydrogens (primary N) is 1. The lowest BCUT2D eigenvalue weighted by Crippen LogP contribution is -2.38. The van der Waals surface area contributed by atoms with Gasteiger partial charge in [0.2, 0.25) is 0 Å².